The molecule has 2 aromatic heterocycles. The van der Waals surface area contributed by atoms with E-state index in [0.29, 0.717) is 29.2 Å². The van der Waals surface area contributed by atoms with Gasteiger partial charge in [-0.05, 0) is 36.6 Å². The lowest BCUT2D eigenvalue weighted by molar-refractivity contribution is 0.214. The molecule has 5 rings (SSSR count). The Balaban J connectivity index is 1.30. The molecule has 4 heterocycles. The zero-order valence-electron chi connectivity index (χ0n) is 16.7. The molecule has 2 fully saturated rings. The fourth-order valence-corrected chi connectivity index (χ4v) is 4.61. The molecule has 1 aromatic carbocycles. The molecule has 0 aliphatic carbocycles. The molecule has 2 saturated heterocycles. The first kappa shape index (κ1) is 17.9. The number of hydrogen-bond acceptors (Lipinski definition) is 7. The van der Waals surface area contributed by atoms with Crippen molar-refractivity contribution in [1.82, 2.24) is 24.5 Å². The summed E-state index contributed by atoms with van der Waals surface area (Å²) in [7, 11) is 0. The van der Waals surface area contributed by atoms with Gasteiger partial charge in [-0.2, -0.15) is 14.9 Å². The van der Waals surface area contributed by atoms with Crippen LogP contribution in [-0.4, -0.2) is 56.2 Å². The van der Waals surface area contributed by atoms with E-state index in [1.807, 2.05) is 0 Å². The first-order chi connectivity index (χ1) is 14.1. The van der Waals surface area contributed by atoms with Crippen molar-refractivity contribution in [2.75, 3.05) is 29.9 Å². The summed E-state index contributed by atoms with van der Waals surface area (Å²) in [4.78, 5) is 13.8. The number of hydrogen-bond donors (Lipinski definition) is 1. The molecule has 1 N–H and O–H groups in total. The smallest absolute Gasteiger partial charge is 0.199 e. The van der Waals surface area contributed by atoms with Gasteiger partial charge in [0, 0.05) is 43.1 Å². The first-order valence-electron chi connectivity index (χ1n) is 10.1. The van der Waals surface area contributed by atoms with E-state index < -0.39 is 0 Å². The van der Waals surface area contributed by atoms with Crippen LogP contribution in [0.15, 0.2) is 36.8 Å². The Morgan fingerprint density at radius 3 is 2.69 bits per heavy atom. The largest absolute Gasteiger partial charge is 0.366 e. The van der Waals surface area contributed by atoms with E-state index in [1.165, 1.54) is 42.2 Å². The third-order valence-electron chi connectivity index (χ3n) is 5.83. The van der Waals surface area contributed by atoms with Crippen molar-refractivity contribution in [3.05, 3.63) is 42.5 Å². The van der Waals surface area contributed by atoms with Gasteiger partial charge in [0.2, 0.25) is 0 Å². The number of nitriles is 1. The molecule has 2 atom stereocenters. The Morgan fingerprint density at radius 2 is 2.00 bits per heavy atom. The highest BCUT2D eigenvalue weighted by Crippen LogP contribution is 2.35. The number of piperazine rings is 1. The first-order valence-corrected chi connectivity index (χ1v) is 10.1. The van der Waals surface area contributed by atoms with Gasteiger partial charge < -0.3 is 10.2 Å². The van der Waals surface area contributed by atoms with E-state index >= 15 is 0 Å². The van der Waals surface area contributed by atoms with E-state index in [-0.39, 0.29) is 0 Å². The Hall–Kier alpha value is -3.18. The van der Waals surface area contributed by atoms with Gasteiger partial charge in [0.25, 0.3) is 0 Å². The van der Waals surface area contributed by atoms with Crippen LogP contribution in [0.2, 0.25) is 0 Å². The predicted molar refractivity (Wildman–Crippen MR) is 111 cm³/mol. The summed E-state index contributed by atoms with van der Waals surface area (Å²) in [5, 5.41) is 16.6. The van der Waals surface area contributed by atoms with Crippen LogP contribution in [0.4, 0.5) is 17.2 Å². The average Bonchev–Trinajstić information content (AvgIpc) is 3.44. The fraction of sp³-hybridized carbons (Fsp3) is 0.429. The summed E-state index contributed by atoms with van der Waals surface area (Å²) in [5.41, 5.74) is 3.10. The maximum Gasteiger partial charge on any atom is 0.199 e. The lowest BCUT2D eigenvalue weighted by atomic mass is 10.1. The number of nitrogens with one attached hydrogen (secondary N) is 1. The minimum absolute atomic E-state index is 0.356. The molecule has 8 heteroatoms. The Labute approximate surface area is 169 Å². The molecule has 8 nitrogen and oxygen atoms in total. The van der Waals surface area contributed by atoms with Gasteiger partial charge >= 0.3 is 0 Å². The third-order valence-corrected chi connectivity index (χ3v) is 5.83. The summed E-state index contributed by atoms with van der Waals surface area (Å²) in [6.45, 7) is 8.08. The predicted octanol–water partition coefficient (Wildman–Crippen LogP) is 2.66. The number of anilines is 3. The standard InChI is InChI=1S/C21H24N8/c1-14(2)10-27-11-18-7-17(27)12-28(18)16-5-3-15(4-6-16)26-20-21-24-13-25-29(21)19(8-22)9-23-20/h3-6,9,13-14,17-18H,7,10-12H2,1-2H3,(H,23,26)/t17-,18-/m0/s1. The van der Waals surface area contributed by atoms with Crippen LogP contribution < -0.4 is 10.2 Å². The molecular formula is C21H24N8. The Kier molecular flexibility index (Phi) is 4.32. The summed E-state index contributed by atoms with van der Waals surface area (Å²) >= 11 is 0. The maximum absolute atomic E-state index is 9.17. The van der Waals surface area contributed by atoms with E-state index in [0.717, 1.165) is 18.2 Å². The average molecular weight is 388 g/mol. The second-order valence-corrected chi connectivity index (χ2v) is 8.31. The van der Waals surface area contributed by atoms with Crippen LogP contribution in [0.25, 0.3) is 5.65 Å². The number of rotatable bonds is 5. The number of fused-ring (bicyclic) bond motifs is 3. The van der Waals surface area contributed by atoms with Crippen molar-refractivity contribution >= 4 is 22.8 Å². The topological polar surface area (TPSA) is 85.4 Å². The summed E-state index contributed by atoms with van der Waals surface area (Å²) < 4.78 is 1.49. The van der Waals surface area contributed by atoms with Crippen LogP contribution >= 0.6 is 0 Å². The number of likely N-dealkylation sites (tertiary alicyclic amines) is 1. The van der Waals surface area contributed by atoms with Crippen LogP contribution in [0.3, 0.4) is 0 Å². The quantitative estimate of drug-likeness (QED) is 0.719. The fourth-order valence-electron chi connectivity index (χ4n) is 4.61. The third kappa shape index (κ3) is 3.17. The van der Waals surface area contributed by atoms with Gasteiger partial charge in [0.15, 0.2) is 17.2 Å². The number of benzene rings is 1. The lowest BCUT2D eigenvalue weighted by Crippen LogP contribution is -2.47. The highest BCUT2D eigenvalue weighted by Gasteiger charge is 2.43. The van der Waals surface area contributed by atoms with Gasteiger partial charge in [-0.25, -0.2) is 9.97 Å². The van der Waals surface area contributed by atoms with Crippen LogP contribution in [0, 0.1) is 17.2 Å². The molecule has 0 radical (unpaired) electrons. The normalized spacial score (nSPS) is 21.2. The zero-order chi connectivity index (χ0) is 20.0. The molecule has 2 aliphatic rings. The van der Waals surface area contributed by atoms with Gasteiger partial charge in [0.05, 0.1) is 6.20 Å². The number of aromatic nitrogens is 4. The Bertz CT molecular complexity index is 1060. The van der Waals surface area contributed by atoms with E-state index in [9.17, 15) is 0 Å². The number of nitrogens with zero attached hydrogens (tertiary/aromatic N) is 7. The lowest BCUT2D eigenvalue weighted by Gasteiger charge is -2.36. The highest BCUT2D eigenvalue weighted by atomic mass is 15.4. The van der Waals surface area contributed by atoms with Crippen molar-refractivity contribution in [3.8, 4) is 6.07 Å². The molecule has 2 aliphatic heterocycles. The van der Waals surface area contributed by atoms with Gasteiger partial charge in [-0.15, -0.1) is 0 Å². The monoisotopic (exact) mass is 388 g/mol. The molecule has 0 spiro atoms. The van der Waals surface area contributed by atoms with E-state index in [2.05, 4.69) is 74.4 Å². The van der Waals surface area contributed by atoms with Crippen LogP contribution in [-0.2, 0) is 0 Å². The van der Waals surface area contributed by atoms with Gasteiger partial charge in [-0.3, -0.25) is 4.90 Å². The van der Waals surface area contributed by atoms with Crippen LogP contribution in [0.1, 0.15) is 26.0 Å². The minimum Gasteiger partial charge on any atom is -0.366 e. The maximum atomic E-state index is 9.17. The molecule has 0 saturated carbocycles. The minimum atomic E-state index is 0.356. The zero-order valence-corrected chi connectivity index (χ0v) is 16.7. The van der Waals surface area contributed by atoms with E-state index in [1.54, 1.807) is 0 Å². The molecule has 29 heavy (non-hydrogen) atoms. The van der Waals surface area contributed by atoms with Crippen molar-refractivity contribution in [3.63, 3.8) is 0 Å². The van der Waals surface area contributed by atoms with Crippen molar-refractivity contribution in [2.45, 2.75) is 32.4 Å². The molecule has 148 valence electrons. The second kappa shape index (κ2) is 7.01. The van der Waals surface area contributed by atoms with Gasteiger partial charge in [0.1, 0.15) is 12.4 Å². The van der Waals surface area contributed by atoms with Gasteiger partial charge in [-0.1, -0.05) is 13.8 Å². The molecule has 0 amide bonds. The second-order valence-electron chi connectivity index (χ2n) is 8.31. The van der Waals surface area contributed by atoms with Crippen LogP contribution in [0.5, 0.6) is 0 Å². The van der Waals surface area contributed by atoms with Crippen molar-refractivity contribution in [1.29, 1.82) is 5.26 Å². The Morgan fingerprint density at radius 1 is 1.17 bits per heavy atom. The van der Waals surface area contributed by atoms with Crippen molar-refractivity contribution in [2.24, 2.45) is 5.92 Å². The van der Waals surface area contributed by atoms with E-state index in [4.69, 9.17) is 5.26 Å². The summed E-state index contributed by atoms with van der Waals surface area (Å²) in [5.74, 6) is 1.31. The molecule has 2 bridgehead atoms. The summed E-state index contributed by atoms with van der Waals surface area (Å²) in [6.07, 6.45) is 4.20. The SMILES string of the molecule is CC(C)CN1C[C@@H]2C[C@H]1CN2c1ccc(Nc2ncc(C#N)n3ncnc23)cc1. The summed E-state index contributed by atoms with van der Waals surface area (Å²) in [6, 6.07) is 11.9. The molecule has 0 unspecified atom stereocenters. The highest BCUT2D eigenvalue weighted by molar-refractivity contribution is 5.71. The molecule has 3 aromatic rings. The van der Waals surface area contributed by atoms with Crippen molar-refractivity contribution < 1.29 is 0 Å². The molecular weight excluding hydrogens is 364 g/mol.